The fourth-order valence-electron chi connectivity index (χ4n) is 3.75. The van der Waals surface area contributed by atoms with Gasteiger partial charge >= 0.3 is 19.4 Å². The number of para-hydroxylation sites is 1. The molecule has 1 aromatic carbocycles. The molecule has 1 saturated heterocycles. The minimum absolute atomic E-state index is 0.118. The summed E-state index contributed by atoms with van der Waals surface area (Å²) in [6.07, 6.45) is -1.84. The molecule has 2 aromatic rings. The molecule has 0 bridgehead atoms. The van der Waals surface area contributed by atoms with Crippen molar-refractivity contribution in [1.29, 1.82) is 0 Å². The van der Waals surface area contributed by atoms with E-state index in [-0.39, 0.29) is 18.3 Å². The first-order valence-corrected chi connectivity index (χ1v) is 13.5. The topological polar surface area (TPSA) is 158 Å². The highest BCUT2D eigenvalue weighted by Crippen LogP contribution is 2.48. The predicted octanol–water partition coefficient (Wildman–Crippen LogP) is 2.20. The fourth-order valence-corrected chi connectivity index (χ4v) is 5.25. The fraction of sp³-hybridized carbons (Fsp3) is 0.542. The maximum absolute atomic E-state index is 13.7. The summed E-state index contributed by atoms with van der Waals surface area (Å²) in [6, 6.07) is 8.39. The highest BCUT2D eigenvalue weighted by atomic mass is 31.2. The number of rotatable bonds is 11. The quantitative estimate of drug-likeness (QED) is 0.286. The highest BCUT2D eigenvalue weighted by Gasteiger charge is 2.52. The van der Waals surface area contributed by atoms with Crippen LogP contribution in [-0.2, 0) is 23.4 Å². The Hall–Kier alpha value is -2.76. The van der Waals surface area contributed by atoms with Gasteiger partial charge in [-0.2, -0.15) is 5.09 Å². The molecule has 3 N–H and O–H groups in total. The number of aromatic nitrogens is 2. The third-order valence-electron chi connectivity index (χ3n) is 5.80. The van der Waals surface area contributed by atoms with Gasteiger partial charge in [0.1, 0.15) is 24.1 Å². The SMILES string of the molecule is CC(C)COC(=O)[C@H](C)NP(=O)(OC[C@H]1O[C@@H](n2ccc(=O)[nH]c2=O)C(C)(C)[C@@H]1O)Oc1ccccc1. The second kappa shape index (κ2) is 11.7. The molecule has 2 heterocycles. The van der Waals surface area contributed by atoms with Gasteiger partial charge in [0.25, 0.3) is 5.56 Å². The molecule has 0 spiro atoms. The predicted molar refractivity (Wildman–Crippen MR) is 134 cm³/mol. The van der Waals surface area contributed by atoms with Gasteiger partial charge in [0.15, 0.2) is 0 Å². The van der Waals surface area contributed by atoms with Crippen LogP contribution in [0.1, 0.15) is 40.8 Å². The number of esters is 1. The lowest BCUT2D eigenvalue weighted by molar-refractivity contribution is -0.146. The van der Waals surface area contributed by atoms with Crippen molar-refractivity contribution < 1.29 is 33.0 Å². The van der Waals surface area contributed by atoms with Crippen molar-refractivity contribution in [3.8, 4) is 5.75 Å². The molecule has 1 unspecified atom stereocenters. The number of aromatic amines is 1. The van der Waals surface area contributed by atoms with Crippen molar-refractivity contribution in [3.05, 3.63) is 63.4 Å². The van der Waals surface area contributed by atoms with Crippen molar-refractivity contribution in [1.82, 2.24) is 14.6 Å². The number of hydrogen-bond donors (Lipinski definition) is 3. The average molecular weight is 540 g/mol. The van der Waals surface area contributed by atoms with Gasteiger partial charge in [-0.25, -0.2) is 9.36 Å². The van der Waals surface area contributed by atoms with Crippen LogP contribution in [0.3, 0.4) is 0 Å². The second-order valence-electron chi connectivity index (χ2n) is 9.88. The van der Waals surface area contributed by atoms with Gasteiger partial charge in [0.05, 0.1) is 19.3 Å². The van der Waals surface area contributed by atoms with E-state index in [1.807, 2.05) is 13.8 Å². The number of benzene rings is 1. The van der Waals surface area contributed by atoms with E-state index < -0.39 is 61.5 Å². The van der Waals surface area contributed by atoms with E-state index in [0.717, 1.165) is 4.57 Å². The second-order valence-corrected chi connectivity index (χ2v) is 11.6. The van der Waals surface area contributed by atoms with E-state index in [1.165, 1.54) is 19.2 Å². The summed E-state index contributed by atoms with van der Waals surface area (Å²) in [5, 5.41) is 13.5. The molecule has 37 heavy (non-hydrogen) atoms. The molecule has 0 radical (unpaired) electrons. The Morgan fingerprint density at radius 2 is 1.89 bits per heavy atom. The van der Waals surface area contributed by atoms with E-state index in [0.29, 0.717) is 0 Å². The van der Waals surface area contributed by atoms with Crippen LogP contribution in [0.2, 0.25) is 0 Å². The van der Waals surface area contributed by atoms with Gasteiger partial charge in [-0.3, -0.25) is 23.7 Å². The molecule has 0 aliphatic carbocycles. The Morgan fingerprint density at radius 1 is 1.22 bits per heavy atom. The summed E-state index contributed by atoms with van der Waals surface area (Å²) < 4.78 is 37.3. The summed E-state index contributed by atoms with van der Waals surface area (Å²) >= 11 is 0. The Morgan fingerprint density at radius 3 is 2.51 bits per heavy atom. The van der Waals surface area contributed by atoms with Crippen molar-refractivity contribution in [2.24, 2.45) is 11.3 Å². The number of carbonyl (C=O) groups is 1. The number of nitrogens with one attached hydrogen (secondary N) is 2. The monoisotopic (exact) mass is 539 g/mol. The van der Waals surface area contributed by atoms with E-state index in [9.17, 15) is 24.1 Å². The number of aliphatic hydroxyl groups is 1. The normalized spacial score (nSPS) is 23.4. The molecule has 12 nitrogen and oxygen atoms in total. The van der Waals surface area contributed by atoms with E-state index >= 15 is 0 Å². The maximum atomic E-state index is 13.7. The lowest BCUT2D eigenvalue weighted by Crippen LogP contribution is -2.40. The van der Waals surface area contributed by atoms with Crippen LogP contribution in [-0.4, -0.2) is 52.1 Å². The molecule has 3 rings (SSSR count). The van der Waals surface area contributed by atoms with Gasteiger partial charge in [-0.1, -0.05) is 45.9 Å². The molecule has 0 amide bonds. The summed E-state index contributed by atoms with van der Waals surface area (Å²) in [6.45, 7) is 8.41. The standard InChI is InChI=1S/C24H34N3O9P/c1-15(2)13-33-21(30)16(3)26-37(32,36-17-9-7-6-8-10-17)34-14-18-20(29)24(4,5)22(35-18)27-12-11-19(28)25-23(27)31/h6-12,15-16,18,20,22,29H,13-14H2,1-5H3,(H,26,32)(H,25,28,31)/t16-,18+,20+,22+,37?/m0/s1. The molecule has 5 atom stereocenters. The van der Waals surface area contributed by atoms with Crippen LogP contribution in [0.5, 0.6) is 5.75 Å². The van der Waals surface area contributed by atoms with Gasteiger partial charge < -0.3 is 19.1 Å². The molecule has 0 saturated carbocycles. The lowest BCUT2D eigenvalue weighted by Gasteiger charge is -2.28. The molecule has 1 aliphatic heterocycles. The largest absolute Gasteiger partial charge is 0.464 e. The number of H-pyrrole nitrogens is 1. The number of carbonyl (C=O) groups excluding carboxylic acids is 1. The Bertz CT molecular complexity index is 1230. The van der Waals surface area contributed by atoms with E-state index in [4.69, 9.17) is 18.5 Å². The molecular weight excluding hydrogens is 505 g/mol. The number of hydrogen-bond acceptors (Lipinski definition) is 9. The van der Waals surface area contributed by atoms with Crippen molar-refractivity contribution in [3.63, 3.8) is 0 Å². The first-order chi connectivity index (χ1) is 17.3. The smallest absolute Gasteiger partial charge is 0.459 e. The zero-order valence-electron chi connectivity index (χ0n) is 21.5. The summed E-state index contributed by atoms with van der Waals surface area (Å²) in [7, 11) is -4.19. The Kier molecular flexibility index (Phi) is 9.14. The van der Waals surface area contributed by atoms with Crippen LogP contribution in [0.15, 0.2) is 52.2 Å². The van der Waals surface area contributed by atoms with Crippen LogP contribution < -0.4 is 20.9 Å². The number of aliphatic hydroxyl groups excluding tert-OH is 1. The number of nitrogens with zero attached hydrogens (tertiary/aromatic N) is 1. The van der Waals surface area contributed by atoms with Gasteiger partial charge in [-0.15, -0.1) is 0 Å². The zero-order valence-corrected chi connectivity index (χ0v) is 22.3. The molecule has 1 fully saturated rings. The molecule has 204 valence electrons. The summed E-state index contributed by atoms with van der Waals surface area (Å²) in [5.41, 5.74) is -2.25. The van der Waals surface area contributed by atoms with Crippen LogP contribution >= 0.6 is 7.75 Å². The highest BCUT2D eigenvalue weighted by molar-refractivity contribution is 7.52. The maximum Gasteiger partial charge on any atom is 0.459 e. The van der Waals surface area contributed by atoms with Gasteiger partial charge in [0.2, 0.25) is 0 Å². The number of ether oxygens (including phenoxy) is 2. The minimum atomic E-state index is -4.19. The van der Waals surface area contributed by atoms with Crippen LogP contribution in [0.4, 0.5) is 0 Å². The molecular formula is C24H34N3O9P. The molecule has 1 aliphatic rings. The zero-order chi connectivity index (χ0) is 27.4. The van der Waals surface area contributed by atoms with E-state index in [1.54, 1.807) is 44.2 Å². The summed E-state index contributed by atoms with van der Waals surface area (Å²) in [5.74, 6) is -0.288. The Balaban J connectivity index is 1.78. The van der Waals surface area contributed by atoms with Crippen LogP contribution in [0.25, 0.3) is 0 Å². The van der Waals surface area contributed by atoms with Crippen molar-refractivity contribution >= 4 is 13.7 Å². The van der Waals surface area contributed by atoms with E-state index in [2.05, 4.69) is 10.1 Å². The first kappa shape index (κ1) is 28.8. The van der Waals surface area contributed by atoms with Crippen molar-refractivity contribution in [2.45, 2.75) is 59.1 Å². The minimum Gasteiger partial charge on any atom is -0.464 e. The molecule has 13 heteroatoms. The first-order valence-electron chi connectivity index (χ1n) is 11.9. The third-order valence-corrected chi connectivity index (χ3v) is 7.44. The third kappa shape index (κ3) is 7.18. The lowest BCUT2D eigenvalue weighted by atomic mass is 9.84. The van der Waals surface area contributed by atoms with Gasteiger partial charge in [-0.05, 0) is 25.0 Å². The van der Waals surface area contributed by atoms with Gasteiger partial charge in [0, 0.05) is 17.7 Å². The van der Waals surface area contributed by atoms with Crippen LogP contribution in [0, 0.1) is 11.3 Å². The molecule has 1 aromatic heterocycles. The average Bonchev–Trinajstić information content (AvgIpc) is 3.05. The van der Waals surface area contributed by atoms with Crippen molar-refractivity contribution in [2.75, 3.05) is 13.2 Å². The Labute approximate surface area is 214 Å². The summed E-state index contributed by atoms with van der Waals surface area (Å²) in [4.78, 5) is 38.3.